The first kappa shape index (κ1) is 9.46. The van der Waals surface area contributed by atoms with Crippen molar-refractivity contribution in [3.05, 3.63) is 12.7 Å². The average Bonchev–Trinajstić information content (AvgIpc) is 1.86. The van der Waals surface area contributed by atoms with Crippen LogP contribution in [0.4, 0.5) is 17.6 Å². The molecule has 0 fully saturated rings. The second kappa shape index (κ2) is 3.03. The van der Waals surface area contributed by atoms with Crippen LogP contribution in [0.5, 0.6) is 0 Å². The molecule has 0 bridgehead atoms. The monoisotopic (exact) mass is 156 g/mol. The molecular weight excluding hydrogens is 148 g/mol. The molecule has 0 heterocycles. The number of alkyl halides is 4. The van der Waals surface area contributed by atoms with E-state index in [2.05, 4.69) is 6.58 Å². The van der Waals surface area contributed by atoms with Gasteiger partial charge in [0.25, 0.3) is 0 Å². The summed E-state index contributed by atoms with van der Waals surface area (Å²) in [5, 5.41) is 0. The molecule has 0 radical (unpaired) electrons. The minimum Gasteiger partial charge on any atom is -0.241 e. The lowest BCUT2D eigenvalue weighted by atomic mass is 10.1. The minimum absolute atomic E-state index is 0.385. The zero-order valence-corrected chi connectivity index (χ0v) is 5.45. The van der Waals surface area contributed by atoms with E-state index >= 15 is 0 Å². The zero-order valence-electron chi connectivity index (χ0n) is 5.45. The fraction of sp³-hybridized carbons (Fsp3) is 0.667. The van der Waals surface area contributed by atoms with Gasteiger partial charge in [0.2, 0.25) is 0 Å². The molecule has 0 spiro atoms. The fourth-order valence-corrected chi connectivity index (χ4v) is 0.377. The molecule has 0 N–H and O–H groups in total. The molecule has 0 aromatic heterocycles. The van der Waals surface area contributed by atoms with Crippen LogP contribution in [0, 0.1) is 0 Å². The van der Waals surface area contributed by atoms with Gasteiger partial charge in [-0.15, -0.1) is 0 Å². The van der Waals surface area contributed by atoms with Gasteiger partial charge in [-0.3, -0.25) is 0 Å². The number of rotatable bonds is 3. The molecule has 0 rings (SSSR count). The van der Waals surface area contributed by atoms with Crippen molar-refractivity contribution in [2.75, 3.05) is 0 Å². The van der Waals surface area contributed by atoms with Gasteiger partial charge in [0, 0.05) is 0 Å². The van der Waals surface area contributed by atoms with Crippen LogP contribution >= 0.6 is 0 Å². The molecule has 0 aromatic carbocycles. The van der Waals surface area contributed by atoms with Gasteiger partial charge in [0.1, 0.15) is 0 Å². The molecule has 0 saturated heterocycles. The van der Waals surface area contributed by atoms with Crippen molar-refractivity contribution in [3.8, 4) is 0 Å². The van der Waals surface area contributed by atoms with E-state index in [-0.39, 0.29) is 0 Å². The minimum atomic E-state index is -3.94. The van der Waals surface area contributed by atoms with Crippen molar-refractivity contribution in [2.45, 2.75) is 25.2 Å². The van der Waals surface area contributed by atoms with Crippen LogP contribution in [-0.4, -0.2) is 18.3 Å². The third-order valence-electron chi connectivity index (χ3n) is 1.10. The van der Waals surface area contributed by atoms with Gasteiger partial charge < -0.3 is 0 Å². The van der Waals surface area contributed by atoms with E-state index in [1.807, 2.05) is 0 Å². The molecule has 2 atom stereocenters. The number of hydrogen-bond donors (Lipinski definition) is 0. The van der Waals surface area contributed by atoms with Crippen molar-refractivity contribution in [3.63, 3.8) is 0 Å². The Morgan fingerprint density at radius 3 is 1.90 bits per heavy atom. The van der Waals surface area contributed by atoms with E-state index in [0.717, 1.165) is 0 Å². The third-order valence-corrected chi connectivity index (χ3v) is 1.10. The first-order valence-corrected chi connectivity index (χ1v) is 2.71. The summed E-state index contributed by atoms with van der Waals surface area (Å²) in [4.78, 5) is 0. The second-order valence-corrected chi connectivity index (χ2v) is 1.93. The van der Waals surface area contributed by atoms with Crippen LogP contribution in [0.15, 0.2) is 12.7 Å². The summed E-state index contributed by atoms with van der Waals surface area (Å²) in [5.74, 6) is -3.94. The van der Waals surface area contributed by atoms with Crippen molar-refractivity contribution >= 4 is 0 Å². The summed E-state index contributed by atoms with van der Waals surface area (Å²) in [5.41, 5.74) is 0. The predicted octanol–water partition coefficient (Wildman–Crippen LogP) is 2.50. The summed E-state index contributed by atoms with van der Waals surface area (Å²) in [6.07, 6.45) is -4.70. The van der Waals surface area contributed by atoms with Crippen LogP contribution < -0.4 is 0 Å². The first-order chi connectivity index (χ1) is 4.42. The zero-order chi connectivity index (χ0) is 8.36. The van der Waals surface area contributed by atoms with Gasteiger partial charge in [-0.05, 0) is 6.92 Å². The van der Waals surface area contributed by atoms with Gasteiger partial charge in [-0.25, -0.2) is 8.78 Å². The first-order valence-electron chi connectivity index (χ1n) is 2.71. The average molecular weight is 156 g/mol. The largest absolute Gasteiger partial charge is 0.312 e. The molecule has 0 amide bonds. The lowest BCUT2D eigenvalue weighted by molar-refractivity contribution is -0.106. The summed E-state index contributed by atoms with van der Waals surface area (Å²) < 4.78 is 48.2. The highest BCUT2D eigenvalue weighted by Crippen LogP contribution is 2.28. The lowest BCUT2D eigenvalue weighted by Crippen LogP contribution is -2.36. The predicted molar refractivity (Wildman–Crippen MR) is 30.6 cm³/mol. The van der Waals surface area contributed by atoms with Crippen LogP contribution in [-0.2, 0) is 0 Å². The van der Waals surface area contributed by atoms with Crippen molar-refractivity contribution in [1.29, 1.82) is 0 Å². The van der Waals surface area contributed by atoms with E-state index in [9.17, 15) is 17.6 Å². The topological polar surface area (TPSA) is 0 Å². The molecule has 0 aliphatic rings. The molecule has 0 nitrogen and oxygen atoms in total. The summed E-state index contributed by atoms with van der Waals surface area (Å²) in [6, 6.07) is 0. The Balaban J connectivity index is 4.22. The Labute approximate surface area is 56.5 Å². The van der Waals surface area contributed by atoms with Crippen molar-refractivity contribution in [2.24, 2.45) is 0 Å². The SMILES string of the molecule is C=CC(F)C(F)(F)C(C)F. The molecule has 0 aromatic rings. The van der Waals surface area contributed by atoms with Gasteiger partial charge in [0.15, 0.2) is 12.3 Å². The van der Waals surface area contributed by atoms with Crippen LogP contribution in [0.2, 0.25) is 0 Å². The highest BCUT2D eigenvalue weighted by Gasteiger charge is 2.44. The maximum Gasteiger partial charge on any atom is 0.312 e. The Morgan fingerprint density at radius 2 is 1.80 bits per heavy atom. The Hall–Kier alpha value is -0.540. The molecule has 0 aliphatic carbocycles. The molecule has 2 unspecified atom stereocenters. The van der Waals surface area contributed by atoms with Gasteiger partial charge in [0.05, 0.1) is 0 Å². The van der Waals surface area contributed by atoms with Crippen LogP contribution in [0.3, 0.4) is 0 Å². The molecule has 4 heteroatoms. The fourth-order valence-electron chi connectivity index (χ4n) is 0.377. The normalized spacial score (nSPS) is 18.1. The quantitative estimate of drug-likeness (QED) is 0.435. The standard InChI is InChI=1S/C6H8F4/c1-3-5(8)6(9,10)4(2)7/h3-5H,1H2,2H3. The molecule has 0 aliphatic heterocycles. The molecule has 10 heavy (non-hydrogen) atoms. The van der Waals surface area contributed by atoms with E-state index in [1.54, 1.807) is 0 Å². The Morgan fingerprint density at radius 1 is 1.40 bits per heavy atom. The highest BCUT2D eigenvalue weighted by atomic mass is 19.3. The third kappa shape index (κ3) is 1.72. The second-order valence-electron chi connectivity index (χ2n) is 1.93. The molecule has 0 saturated carbocycles. The van der Waals surface area contributed by atoms with Crippen LogP contribution in [0.1, 0.15) is 6.92 Å². The molecule has 60 valence electrons. The maximum absolute atomic E-state index is 12.1. The maximum atomic E-state index is 12.1. The van der Waals surface area contributed by atoms with E-state index < -0.39 is 18.3 Å². The summed E-state index contributed by atoms with van der Waals surface area (Å²) in [6.45, 7) is 3.39. The Kier molecular flexibility index (Phi) is 2.87. The highest BCUT2D eigenvalue weighted by molar-refractivity contribution is 4.93. The number of hydrogen-bond acceptors (Lipinski definition) is 0. The number of allylic oxidation sites excluding steroid dienone is 1. The smallest absolute Gasteiger partial charge is 0.241 e. The van der Waals surface area contributed by atoms with Gasteiger partial charge in [-0.2, -0.15) is 8.78 Å². The van der Waals surface area contributed by atoms with Crippen molar-refractivity contribution < 1.29 is 17.6 Å². The van der Waals surface area contributed by atoms with E-state index in [4.69, 9.17) is 0 Å². The van der Waals surface area contributed by atoms with Crippen LogP contribution in [0.25, 0.3) is 0 Å². The summed E-state index contributed by atoms with van der Waals surface area (Å²) in [7, 11) is 0. The van der Waals surface area contributed by atoms with Crippen molar-refractivity contribution in [1.82, 2.24) is 0 Å². The number of halogens is 4. The van der Waals surface area contributed by atoms with Gasteiger partial charge in [-0.1, -0.05) is 12.7 Å². The summed E-state index contributed by atoms with van der Waals surface area (Å²) >= 11 is 0. The van der Waals surface area contributed by atoms with E-state index in [1.165, 1.54) is 0 Å². The Bertz CT molecular complexity index is 119. The molecular formula is C6H8F4. The van der Waals surface area contributed by atoms with E-state index in [0.29, 0.717) is 13.0 Å². The van der Waals surface area contributed by atoms with Gasteiger partial charge >= 0.3 is 5.92 Å². The lowest BCUT2D eigenvalue weighted by Gasteiger charge is -2.18.